The van der Waals surface area contributed by atoms with Gasteiger partial charge in [0, 0.05) is 23.5 Å². The molecule has 0 aliphatic heterocycles. The Morgan fingerprint density at radius 1 is 0.857 bits per heavy atom. The normalized spacial score (nSPS) is 11.0. The fourth-order valence-electron chi connectivity index (χ4n) is 3.43. The molecule has 0 heterocycles. The van der Waals surface area contributed by atoms with E-state index >= 15 is 0 Å². The number of carbonyl (C=O) groups excluding carboxylic acids is 1. The molecule has 8 heteroatoms. The van der Waals surface area contributed by atoms with E-state index in [1.54, 1.807) is 54.6 Å². The van der Waals surface area contributed by atoms with Gasteiger partial charge in [0.05, 0.1) is 34.1 Å². The minimum atomic E-state index is -0.561. The maximum Gasteiger partial charge on any atom is 0.203 e. The van der Waals surface area contributed by atoms with Crippen molar-refractivity contribution >= 4 is 29.3 Å². The van der Waals surface area contributed by atoms with Gasteiger partial charge < -0.3 is 30.0 Å². The molecule has 0 saturated carbocycles. The summed E-state index contributed by atoms with van der Waals surface area (Å²) >= 11 is 0. The largest absolute Gasteiger partial charge is 0.493 e. The van der Waals surface area contributed by atoms with Crippen LogP contribution in [-0.4, -0.2) is 34.2 Å². The molecule has 0 bridgehead atoms. The molecule has 3 aromatic carbocycles. The number of carbonyl (C=O) groups is 1. The van der Waals surface area contributed by atoms with Crippen molar-refractivity contribution in [2.45, 2.75) is 0 Å². The van der Waals surface area contributed by atoms with Crippen molar-refractivity contribution in [1.82, 2.24) is 0 Å². The molecule has 0 radical (unpaired) electrons. The molecule has 7 nitrogen and oxygen atoms in total. The van der Waals surface area contributed by atoms with E-state index in [9.17, 15) is 9.18 Å². The average molecular weight is 479 g/mol. The molecule has 182 valence electrons. The standard InChI is InChI=1S/C27H27FN2O5/c1-32-24-15-18(16-25(33-2)27(24)35-4)10-9-17-13-20(28)26(34-3)22(14-17)30-12-11-23(31)19-7-5-6-8-21(19)29/h5-16,30H,29H2,1-4H3/b10-9-,12-11-. The minimum absolute atomic E-state index is 0.0197. The summed E-state index contributed by atoms with van der Waals surface area (Å²) in [4.78, 5) is 12.4. The number of halogens is 1. The first-order valence-corrected chi connectivity index (χ1v) is 10.6. The zero-order chi connectivity index (χ0) is 25.4. The third-order valence-corrected chi connectivity index (χ3v) is 5.13. The van der Waals surface area contributed by atoms with Crippen molar-refractivity contribution in [3.63, 3.8) is 0 Å². The monoisotopic (exact) mass is 478 g/mol. The van der Waals surface area contributed by atoms with Crippen LogP contribution < -0.4 is 30.0 Å². The summed E-state index contributed by atoms with van der Waals surface area (Å²) in [6.07, 6.45) is 6.25. The van der Waals surface area contributed by atoms with Gasteiger partial charge >= 0.3 is 0 Å². The molecule has 35 heavy (non-hydrogen) atoms. The summed E-state index contributed by atoms with van der Waals surface area (Å²) < 4.78 is 36.0. The predicted molar refractivity (Wildman–Crippen MR) is 136 cm³/mol. The first-order chi connectivity index (χ1) is 16.9. The van der Waals surface area contributed by atoms with E-state index in [-0.39, 0.29) is 11.5 Å². The number of nitrogen functional groups attached to an aromatic ring is 1. The lowest BCUT2D eigenvalue weighted by atomic mass is 10.1. The van der Waals surface area contributed by atoms with E-state index in [1.165, 1.54) is 46.8 Å². The maximum absolute atomic E-state index is 14.7. The molecule has 0 saturated heterocycles. The van der Waals surface area contributed by atoms with Gasteiger partial charge in [-0.3, -0.25) is 4.79 Å². The SMILES string of the molecule is COc1cc(/C=C\c2cc(F)c(OC)c(N/C=C\C(=O)c3ccccc3N)c2)cc(OC)c1OC. The van der Waals surface area contributed by atoms with Gasteiger partial charge in [0.1, 0.15) is 0 Å². The fraction of sp³-hybridized carbons (Fsp3) is 0.148. The second-order valence-electron chi connectivity index (χ2n) is 7.30. The molecule has 0 aromatic heterocycles. The Bertz CT molecular complexity index is 1250. The minimum Gasteiger partial charge on any atom is -0.493 e. The van der Waals surface area contributed by atoms with E-state index in [0.717, 1.165) is 5.56 Å². The second-order valence-corrected chi connectivity index (χ2v) is 7.30. The van der Waals surface area contributed by atoms with Crippen LogP contribution in [0.5, 0.6) is 23.0 Å². The number of methoxy groups -OCH3 is 4. The van der Waals surface area contributed by atoms with Crippen LogP contribution in [0.25, 0.3) is 12.2 Å². The molecule has 0 atom stereocenters. The Morgan fingerprint density at radius 3 is 2.03 bits per heavy atom. The summed E-state index contributed by atoms with van der Waals surface area (Å²) in [6.45, 7) is 0. The van der Waals surface area contributed by atoms with Crippen molar-refractivity contribution < 1.29 is 28.1 Å². The molecule has 0 spiro atoms. The average Bonchev–Trinajstić information content (AvgIpc) is 2.86. The van der Waals surface area contributed by atoms with Crippen LogP contribution in [0.2, 0.25) is 0 Å². The van der Waals surface area contributed by atoms with Crippen molar-refractivity contribution in [1.29, 1.82) is 0 Å². The van der Waals surface area contributed by atoms with Crippen LogP contribution in [0, 0.1) is 5.82 Å². The molecule has 0 aliphatic carbocycles. The first kappa shape index (κ1) is 25.2. The molecule has 0 amide bonds. The van der Waals surface area contributed by atoms with E-state index in [4.69, 9.17) is 24.7 Å². The van der Waals surface area contributed by atoms with Crippen LogP contribution in [-0.2, 0) is 0 Å². The highest BCUT2D eigenvalue weighted by atomic mass is 19.1. The third kappa shape index (κ3) is 5.92. The molecule has 3 N–H and O–H groups in total. The first-order valence-electron chi connectivity index (χ1n) is 10.6. The number of nitrogens with one attached hydrogen (secondary N) is 1. The predicted octanol–water partition coefficient (Wildman–Crippen LogP) is 5.42. The smallest absolute Gasteiger partial charge is 0.203 e. The number of para-hydroxylation sites is 1. The van der Waals surface area contributed by atoms with Crippen molar-refractivity contribution in [3.05, 3.63) is 83.3 Å². The molecular formula is C27H27FN2O5. The Balaban J connectivity index is 1.86. The lowest BCUT2D eigenvalue weighted by molar-refractivity contribution is 0.104. The van der Waals surface area contributed by atoms with Crippen LogP contribution in [0.1, 0.15) is 21.5 Å². The van der Waals surface area contributed by atoms with E-state index in [1.807, 2.05) is 0 Å². The number of anilines is 2. The number of hydrogen-bond acceptors (Lipinski definition) is 7. The lowest BCUT2D eigenvalue weighted by Gasteiger charge is -2.13. The molecule has 0 aliphatic rings. The number of ketones is 1. The summed E-state index contributed by atoms with van der Waals surface area (Å²) in [7, 11) is 5.97. The Kier molecular flexibility index (Phi) is 8.34. The molecule has 0 unspecified atom stereocenters. The van der Waals surface area contributed by atoms with Crippen LogP contribution >= 0.6 is 0 Å². The van der Waals surface area contributed by atoms with Gasteiger partial charge in [-0.25, -0.2) is 4.39 Å². The van der Waals surface area contributed by atoms with Crippen LogP contribution in [0.3, 0.4) is 0 Å². The van der Waals surface area contributed by atoms with Crippen molar-refractivity contribution in [2.75, 3.05) is 39.5 Å². The topological polar surface area (TPSA) is 92.0 Å². The van der Waals surface area contributed by atoms with Gasteiger partial charge in [-0.1, -0.05) is 24.3 Å². The van der Waals surface area contributed by atoms with Crippen molar-refractivity contribution in [3.8, 4) is 23.0 Å². The van der Waals surface area contributed by atoms with E-state index in [0.29, 0.717) is 39.8 Å². The van der Waals surface area contributed by atoms with E-state index in [2.05, 4.69) is 5.32 Å². The summed E-state index contributed by atoms with van der Waals surface area (Å²) in [5, 5.41) is 2.92. The fourth-order valence-corrected chi connectivity index (χ4v) is 3.43. The summed E-state index contributed by atoms with van der Waals surface area (Å²) in [5.74, 6) is 0.661. The zero-order valence-electron chi connectivity index (χ0n) is 19.9. The number of benzene rings is 3. The molecular weight excluding hydrogens is 451 g/mol. The highest BCUT2D eigenvalue weighted by Crippen LogP contribution is 2.39. The highest BCUT2D eigenvalue weighted by molar-refractivity contribution is 6.08. The summed E-state index contributed by atoms with van der Waals surface area (Å²) in [6, 6.07) is 13.4. The van der Waals surface area contributed by atoms with Crippen LogP contribution in [0.15, 0.2) is 60.8 Å². The van der Waals surface area contributed by atoms with Crippen molar-refractivity contribution in [2.24, 2.45) is 0 Å². The molecule has 0 fully saturated rings. The Hall–Kier alpha value is -4.46. The highest BCUT2D eigenvalue weighted by Gasteiger charge is 2.13. The quantitative estimate of drug-likeness (QED) is 0.174. The lowest BCUT2D eigenvalue weighted by Crippen LogP contribution is -2.02. The van der Waals surface area contributed by atoms with Gasteiger partial charge in [0.2, 0.25) is 5.75 Å². The Labute approximate surface area is 203 Å². The van der Waals surface area contributed by atoms with Gasteiger partial charge in [-0.05, 0) is 47.5 Å². The number of nitrogens with two attached hydrogens (primary N) is 1. The second kappa shape index (κ2) is 11.6. The van der Waals surface area contributed by atoms with E-state index < -0.39 is 5.82 Å². The van der Waals surface area contributed by atoms with Gasteiger partial charge in [0.25, 0.3) is 0 Å². The zero-order valence-corrected chi connectivity index (χ0v) is 19.9. The van der Waals surface area contributed by atoms with Gasteiger partial charge in [-0.2, -0.15) is 0 Å². The number of ether oxygens (including phenoxy) is 4. The molecule has 3 rings (SSSR count). The van der Waals surface area contributed by atoms with Gasteiger partial charge in [-0.15, -0.1) is 0 Å². The number of allylic oxidation sites excluding steroid dienone is 1. The summed E-state index contributed by atoms with van der Waals surface area (Å²) in [5.41, 5.74) is 8.28. The number of rotatable bonds is 10. The van der Waals surface area contributed by atoms with Crippen LogP contribution in [0.4, 0.5) is 15.8 Å². The Morgan fingerprint density at radius 2 is 1.46 bits per heavy atom. The third-order valence-electron chi connectivity index (χ3n) is 5.13. The molecule has 3 aromatic rings. The van der Waals surface area contributed by atoms with Gasteiger partial charge in [0.15, 0.2) is 28.8 Å². The number of hydrogen-bond donors (Lipinski definition) is 2. The maximum atomic E-state index is 14.7.